The Balaban J connectivity index is 1.09. The van der Waals surface area contributed by atoms with Crippen molar-refractivity contribution in [3.8, 4) is 39.1 Å². The zero-order valence-corrected chi connectivity index (χ0v) is 33.3. The van der Waals surface area contributed by atoms with Crippen molar-refractivity contribution in [2.45, 2.75) is 5.41 Å². The first kappa shape index (κ1) is 34.0. The number of para-hydroxylation sites is 3. The molecule has 1 unspecified atom stereocenters. The molecule has 2 aliphatic carbocycles. The van der Waals surface area contributed by atoms with Crippen molar-refractivity contribution in [3.05, 3.63) is 253 Å². The molecule has 1 aromatic heterocycles. The number of aromatic nitrogens is 1. The van der Waals surface area contributed by atoms with Crippen LogP contribution in [0.15, 0.2) is 231 Å². The molecule has 0 amide bonds. The van der Waals surface area contributed by atoms with Gasteiger partial charge in [-0.25, -0.2) is 0 Å². The first-order chi connectivity index (χ1) is 30.3. The van der Waals surface area contributed by atoms with Gasteiger partial charge in [0, 0.05) is 33.4 Å². The minimum atomic E-state index is -0.508. The summed E-state index contributed by atoms with van der Waals surface area (Å²) in [6.07, 6.45) is 0. The van der Waals surface area contributed by atoms with Crippen LogP contribution in [0.3, 0.4) is 0 Å². The van der Waals surface area contributed by atoms with Crippen molar-refractivity contribution in [1.82, 2.24) is 4.57 Å². The fourth-order valence-electron chi connectivity index (χ4n) is 11.0. The molecule has 0 radical (unpaired) electrons. The molecule has 0 saturated carbocycles. The van der Waals surface area contributed by atoms with Gasteiger partial charge in [-0.3, -0.25) is 0 Å². The highest BCUT2D eigenvalue weighted by Gasteiger charge is 2.50. The Morgan fingerprint density at radius 1 is 0.328 bits per heavy atom. The van der Waals surface area contributed by atoms with Gasteiger partial charge in [0.15, 0.2) is 0 Å². The van der Waals surface area contributed by atoms with E-state index in [0.29, 0.717) is 0 Å². The molecular formula is C59H38N2. The van der Waals surface area contributed by atoms with Crippen LogP contribution >= 0.6 is 0 Å². The molecule has 0 saturated heterocycles. The van der Waals surface area contributed by atoms with Gasteiger partial charge in [0.05, 0.1) is 22.1 Å². The first-order valence-electron chi connectivity index (χ1n) is 21.2. The predicted octanol–water partition coefficient (Wildman–Crippen LogP) is 15.4. The van der Waals surface area contributed by atoms with Crippen molar-refractivity contribution < 1.29 is 0 Å². The van der Waals surface area contributed by atoms with E-state index in [9.17, 15) is 0 Å². The number of rotatable bonds is 5. The van der Waals surface area contributed by atoms with Gasteiger partial charge < -0.3 is 9.47 Å². The highest BCUT2D eigenvalue weighted by molar-refractivity contribution is 6.11. The second-order valence-corrected chi connectivity index (χ2v) is 16.4. The Bertz CT molecular complexity index is 3540. The summed E-state index contributed by atoms with van der Waals surface area (Å²) < 4.78 is 2.46. The van der Waals surface area contributed by atoms with E-state index >= 15 is 0 Å². The Morgan fingerprint density at radius 3 is 1.69 bits per heavy atom. The molecular weight excluding hydrogens is 737 g/mol. The lowest BCUT2D eigenvalue weighted by atomic mass is 9.61. The van der Waals surface area contributed by atoms with Crippen LogP contribution in [-0.4, -0.2) is 4.57 Å². The molecule has 1 heterocycles. The van der Waals surface area contributed by atoms with E-state index in [1.165, 1.54) is 82.7 Å². The van der Waals surface area contributed by atoms with E-state index in [4.69, 9.17) is 0 Å². The highest BCUT2D eigenvalue weighted by atomic mass is 15.1. The molecule has 0 aliphatic heterocycles. The average Bonchev–Trinajstić information content (AvgIpc) is 3.81. The standard InChI is InChI=1S/C59H38N2/c1-3-17-39(18-4-1)44-23-9-13-31-55(44)61-56-32-14-10-26-48(56)49-36-34-43(38-57(49)61)60(41-21-5-2-6-22-41)42-33-35-47-45-24-7-11-28-51(45)59(54(47)37-42)52-29-12-8-25-46(52)50-27-15-19-40-20-16-30-53(59)58(40)50/h1-38H. The third-order valence-corrected chi connectivity index (χ3v) is 13.4. The maximum Gasteiger partial charge on any atom is 0.0726 e. The molecule has 1 atom stereocenters. The molecule has 1 spiro atoms. The SMILES string of the molecule is c1ccc(-c2ccccc2-n2c3ccccc3c3ccc(N(c4ccccc4)c4ccc5c(c4)C4(c6ccccc6-5)c5ccccc5-c5cccc6cccc4c56)cc32)cc1. The Morgan fingerprint density at radius 2 is 0.885 bits per heavy atom. The lowest BCUT2D eigenvalue weighted by Crippen LogP contribution is -2.32. The van der Waals surface area contributed by atoms with Crippen LogP contribution in [0.5, 0.6) is 0 Å². The summed E-state index contributed by atoms with van der Waals surface area (Å²) >= 11 is 0. The van der Waals surface area contributed by atoms with Crippen LogP contribution in [0, 0.1) is 0 Å². The maximum absolute atomic E-state index is 2.50. The minimum absolute atomic E-state index is 0.508. The van der Waals surface area contributed by atoms with E-state index in [1.54, 1.807) is 0 Å². The number of hydrogen-bond acceptors (Lipinski definition) is 1. The van der Waals surface area contributed by atoms with Crippen molar-refractivity contribution in [2.75, 3.05) is 4.90 Å². The van der Waals surface area contributed by atoms with E-state index < -0.39 is 5.41 Å². The average molecular weight is 775 g/mol. The van der Waals surface area contributed by atoms with Gasteiger partial charge in [0.25, 0.3) is 0 Å². The zero-order chi connectivity index (χ0) is 40.1. The molecule has 2 nitrogen and oxygen atoms in total. The normalized spacial score (nSPS) is 14.6. The topological polar surface area (TPSA) is 8.17 Å². The summed E-state index contributed by atoms with van der Waals surface area (Å²) in [7, 11) is 0. The summed E-state index contributed by atoms with van der Waals surface area (Å²) in [5.74, 6) is 0. The molecule has 2 aliphatic rings. The summed E-state index contributed by atoms with van der Waals surface area (Å²) in [5, 5.41) is 5.07. The van der Waals surface area contributed by atoms with Crippen LogP contribution in [0.1, 0.15) is 22.3 Å². The van der Waals surface area contributed by atoms with Crippen LogP contribution in [0.2, 0.25) is 0 Å². The van der Waals surface area contributed by atoms with Crippen molar-refractivity contribution in [3.63, 3.8) is 0 Å². The van der Waals surface area contributed by atoms with Gasteiger partial charge in [-0.05, 0) is 109 Å². The summed E-state index contributed by atoms with van der Waals surface area (Å²) in [6, 6.07) is 85.4. The minimum Gasteiger partial charge on any atom is -0.310 e. The monoisotopic (exact) mass is 774 g/mol. The second kappa shape index (κ2) is 13.0. The van der Waals surface area contributed by atoms with Crippen LogP contribution in [0.4, 0.5) is 17.1 Å². The lowest BCUT2D eigenvalue weighted by molar-refractivity contribution is 0.773. The Kier molecular flexibility index (Phi) is 7.26. The van der Waals surface area contributed by atoms with Crippen molar-refractivity contribution in [2.24, 2.45) is 0 Å². The predicted molar refractivity (Wildman–Crippen MR) is 255 cm³/mol. The van der Waals surface area contributed by atoms with Gasteiger partial charge >= 0.3 is 0 Å². The third-order valence-electron chi connectivity index (χ3n) is 13.4. The first-order valence-corrected chi connectivity index (χ1v) is 21.2. The molecule has 0 N–H and O–H groups in total. The lowest BCUT2D eigenvalue weighted by Gasteiger charge is -2.40. The van der Waals surface area contributed by atoms with E-state index in [0.717, 1.165) is 28.3 Å². The number of fused-ring (bicyclic) bond motifs is 12. The molecule has 0 bridgehead atoms. The number of nitrogens with zero attached hydrogens (tertiary/aromatic N) is 2. The van der Waals surface area contributed by atoms with Crippen LogP contribution < -0.4 is 4.90 Å². The maximum atomic E-state index is 2.50. The molecule has 10 aromatic carbocycles. The quantitative estimate of drug-likeness (QED) is 0.169. The molecule has 11 aromatic rings. The van der Waals surface area contributed by atoms with Crippen LogP contribution in [0.25, 0.3) is 71.6 Å². The zero-order valence-electron chi connectivity index (χ0n) is 33.3. The van der Waals surface area contributed by atoms with Gasteiger partial charge in [-0.15, -0.1) is 0 Å². The fraction of sp³-hybridized carbons (Fsp3) is 0.0169. The van der Waals surface area contributed by atoms with Gasteiger partial charge in [-0.1, -0.05) is 182 Å². The van der Waals surface area contributed by atoms with E-state index in [2.05, 4.69) is 240 Å². The number of anilines is 3. The summed E-state index contributed by atoms with van der Waals surface area (Å²) in [6.45, 7) is 0. The fourth-order valence-corrected chi connectivity index (χ4v) is 11.0. The van der Waals surface area contributed by atoms with Crippen molar-refractivity contribution >= 4 is 49.6 Å². The summed E-state index contributed by atoms with van der Waals surface area (Å²) in [5.41, 5.74) is 19.2. The van der Waals surface area contributed by atoms with Crippen LogP contribution in [-0.2, 0) is 5.41 Å². The third kappa shape index (κ3) is 4.73. The number of benzene rings is 10. The molecule has 2 heteroatoms. The molecule has 13 rings (SSSR count). The van der Waals surface area contributed by atoms with E-state index in [1.807, 2.05) is 0 Å². The highest BCUT2D eigenvalue weighted by Crippen LogP contribution is 2.62. The number of hydrogen-bond donors (Lipinski definition) is 0. The molecule has 284 valence electrons. The molecule has 61 heavy (non-hydrogen) atoms. The Hall–Kier alpha value is -7.94. The smallest absolute Gasteiger partial charge is 0.0726 e. The largest absolute Gasteiger partial charge is 0.310 e. The van der Waals surface area contributed by atoms with Gasteiger partial charge in [-0.2, -0.15) is 0 Å². The van der Waals surface area contributed by atoms with Gasteiger partial charge in [0.1, 0.15) is 0 Å². The van der Waals surface area contributed by atoms with E-state index in [-0.39, 0.29) is 0 Å². The van der Waals surface area contributed by atoms with Gasteiger partial charge in [0.2, 0.25) is 0 Å². The second-order valence-electron chi connectivity index (χ2n) is 16.4. The van der Waals surface area contributed by atoms with Crippen molar-refractivity contribution in [1.29, 1.82) is 0 Å². The molecule has 0 fully saturated rings. The summed E-state index contributed by atoms with van der Waals surface area (Å²) in [4.78, 5) is 2.45. The Labute approximate surface area is 354 Å².